The first-order valence-electron chi connectivity index (χ1n) is 8.33. The largest absolute Gasteiger partial charge is 0.497 e. The Bertz CT molecular complexity index is 917. The summed E-state index contributed by atoms with van der Waals surface area (Å²) in [6.45, 7) is -0.962. The molecule has 0 radical (unpaired) electrons. The van der Waals surface area contributed by atoms with Crippen LogP contribution in [0.3, 0.4) is 0 Å². The highest BCUT2D eigenvalue weighted by Crippen LogP contribution is 2.36. The van der Waals surface area contributed by atoms with Crippen LogP contribution < -0.4 is 14.8 Å². The van der Waals surface area contributed by atoms with Gasteiger partial charge in [0.05, 0.1) is 30.9 Å². The molecule has 6 nitrogen and oxygen atoms in total. The van der Waals surface area contributed by atoms with Crippen molar-refractivity contribution in [3.63, 3.8) is 0 Å². The van der Waals surface area contributed by atoms with Gasteiger partial charge in [-0.3, -0.25) is 4.79 Å². The fraction of sp³-hybridized carbons (Fsp3) is 0.263. The number of hydrogen-bond acceptors (Lipinski definition) is 5. The number of amides is 1. The van der Waals surface area contributed by atoms with Gasteiger partial charge in [-0.25, -0.2) is 4.79 Å². The lowest BCUT2D eigenvalue weighted by Gasteiger charge is -2.14. The van der Waals surface area contributed by atoms with Crippen LogP contribution in [-0.2, 0) is 21.9 Å². The number of anilines is 1. The van der Waals surface area contributed by atoms with E-state index in [4.69, 9.17) is 9.47 Å². The average Bonchev–Trinajstić information content (AvgIpc) is 2.69. The van der Waals surface area contributed by atoms with Gasteiger partial charge in [-0.05, 0) is 18.2 Å². The Kier molecular flexibility index (Phi) is 7.03. The summed E-state index contributed by atoms with van der Waals surface area (Å²) in [5, 5.41) is 2.33. The van der Waals surface area contributed by atoms with Gasteiger partial charge < -0.3 is 19.5 Å². The number of alkyl halides is 6. The van der Waals surface area contributed by atoms with Gasteiger partial charge in [0.15, 0.2) is 6.61 Å². The Morgan fingerprint density at radius 3 is 1.71 bits per heavy atom. The fourth-order valence-electron chi connectivity index (χ4n) is 2.36. The Labute approximate surface area is 171 Å². The molecule has 0 aliphatic rings. The molecular formula is C19H15F6NO5. The normalized spacial score (nSPS) is 11.6. The van der Waals surface area contributed by atoms with Crippen molar-refractivity contribution in [2.75, 3.05) is 26.1 Å². The SMILES string of the molecule is COc1cc(NC(=O)COC(=O)c2cc(C(F)(F)F)cc(C(F)(F)F)c2)cc(OC)c1. The van der Waals surface area contributed by atoms with Crippen molar-refractivity contribution in [3.8, 4) is 11.5 Å². The second-order valence-electron chi connectivity index (χ2n) is 6.02. The lowest BCUT2D eigenvalue weighted by Crippen LogP contribution is -2.21. The zero-order chi connectivity index (χ0) is 23.4. The van der Waals surface area contributed by atoms with Gasteiger partial charge >= 0.3 is 18.3 Å². The summed E-state index contributed by atoms with van der Waals surface area (Å²) in [4.78, 5) is 24.0. The van der Waals surface area contributed by atoms with E-state index in [1.165, 1.54) is 32.4 Å². The highest BCUT2D eigenvalue weighted by atomic mass is 19.4. The van der Waals surface area contributed by atoms with Gasteiger partial charge in [0, 0.05) is 23.9 Å². The van der Waals surface area contributed by atoms with Crippen molar-refractivity contribution in [2.24, 2.45) is 0 Å². The standard InChI is InChI=1S/C19H15F6NO5/c1-29-14-6-13(7-15(8-14)30-2)26-16(27)9-31-17(28)10-3-11(18(20,21)22)5-12(4-10)19(23,24)25/h3-8H,9H2,1-2H3,(H,26,27). The summed E-state index contributed by atoms with van der Waals surface area (Å²) in [7, 11) is 2.73. The van der Waals surface area contributed by atoms with Gasteiger partial charge in [-0.2, -0.15) is 26.3 Å². The van der Waals surface area contributed by atoms with Crippen LogP contribution in [0.5, 0.6) is 11.5 Å². The number of nitrogens with one attached hydrogen (secondary N) is 1. The molecule has 0 unspecified atom stereocenters. The molecule has 0 spiro atoms. The monoisotopic (exact) mass is 451 g/mol. The average molecular weight is 451 g/mol. The van der Waals surface area contributed by atoms with E-state index < -0.39 is 47.5 Å². The van der Waals surface area contributed by atoms with E-state index in [1.54, 1.807) is 0 Å². The van der Waals surface area contributed by atoms with E-state index in [0.29, 0.717) is 11.5 Å². The predicted molar refractivity (Wildman–Crippen MR) is 94.9 cm³/mol. The minimum atomic E-state index is -5.13. The first-order chi connectivity index (χ1) is 14.3. The number of rotatable bonds is 6. The first kappa shape index (κ1) is 23.8. The lowest BCUT2D eigenvalue weighted by atomic mass is 10.0. The van der Waals surface area contributed by atoms with Crippen LogP contribution in [0.2, 0.25) is 0 Å². The molecule has 0 saturated heterocycles. The minimum absolute atomic E-state index is 0.125. The number of carbonyl (C=O) groups is 2. The summed E-state index contributed by atoms with van der Waals surface area (Å²) < 4.78 is 91.8. The second-order valence-corrected chi connectivity index (χ2v) is 6.02. The zero-order valence-corrected chi connectivity index (χ0v) is 16.0. The van der Waals surface area contributed by atoms with Gasteiger partial charge in [-0.1, -0.05) is 0 Å². The number of esters is 1. The number of carbonyl (C=O) groups excluding carboxylic acids is 2. The molecule has 0 aromatic heterocycles. The molecule has 2 aromatic carbocycles. The number of halogens is 6. The number of benzene rings is 2. The lowest BCUT2D eigenvalue weighted by molar-refractivity contribution is -0.143. The van der Waals surface area contributed by atoms with E-state index in [-0.39, 0.29) is 23.9 Å². The third-order valence-corrected chi connectivity index (χ3v) is 3.79. The van der Waals surface area contributed by atoms with Crippen molar-refractivity contribution >= 4 is 17.6 Å². The Morgan fingerprint density at radius 2 is 1.29 bits per heavy atom. The summed E-state index contributed by atoms with van der Waals surface area (Å²) in [5.41, 5.74) is -4.17. The molecule has 31 heavy (non-hydrogen) atoms. The third-order valence-electron chi connectivity index (χ3n) is 3.79. The molecule has 12 heteroatoms. The van der Waals surface area contributed by atoms with Crippen LogP contribution in [0.1, 0.15) is 21.5 Å². The van der Waals surface area contributed by atoms with E-state index >= 15 is 0 Å². The van der Waals surface area contributed by atoms with Crippen molar-refractivity contribution < 1.29 is 50.1 Å². The molecule has 0 aliphatic carbocycles. The quantitative estimate of drug-likeness (QED) is 0.516. The maximum Gasteiger partial charge on any atom is 0.416 e. The van der Waals surface area contributed by atoms with Crippen LogP contribution in [0.15, 0.2) is 36.4 Å². The van der Waals surface area contributed by atoms with E-state index in [1.807, 2.05) is 0 Å². The molecule has 0 aliphatic heterocycles. The highest BCUT2D eigenvalue weighted by molar-refractivity contribution is 5.96. The van der Waals surface area contributed by atoms with E-state index in [9.17, 15) is 35.9 Å². The number of methoxy groups -OCH3 is 2. The molecule has 2 aromatic rings. The molecule has 2 rings (SSSR count). The molecule has 1 amide bonds. The number of hydrogen-bond donors (Lipinski definition) is 1. The van der Waals surface area contributed by atoms with Crippen LogP contribution >= 0.6 is 0 Å². The van der Waals surface area contributed by atoms with Crippen LogP contribution in [0, 0.1) is 0 Å². The Morgan fingerprint density at radius 1 is 0.806 bits per heavy atom. The molecule has 168 valence electrons. The zero-order valence-electron chi connectivity index (χ0n) is 16.0. The van der Waals surface area contributed by atoms with E-state index in [0.717, 1.165) is 0 Å². The van der Waals surface area contributed by atoms with Gasteiger partial charge in [0.1, 0.15) is 11.5 Å². The molecule has 0 fully saturated rings. The van der Waals surface area contributed by atoms with Gasteiger partial charge in [0.2, 0.25) is 0 Å². The molecule has 1 N–H and O–H groups in total. The van der Waals surface area contributed by atoms with Crippen LogP contribution in [0.4, 0.5) is 32.0 Å². The smallest absolute Gasteiger partial charge is 0.416 e. The topological polar surface area (TPSA) is 73.9 Å². The highest BCUT2D eigenvalue weighted by Gasteiger charge is 2.37. The van der Waals surface area contributed by atoms with Crippen molar-refractivity contribution in [3.05, 3.63) is 53.1 Å². The summed E-state index contributed by atoms with van der Waals surface area (Å²) >= 11 is 0. The Hall–Kier alpha value is -3.44. The summed E-state index contributed by atoms with van der Waals surface area (Å²) in [5.74, 6) is -1.77. The second kappa shape index (κ2) is 9.14. The summed E-state index contributed by atoms with van der Waals surface area (Å²) in [6.07, 6.45) is -10.3. The molecule has 0 heterocycles. The van der Waals surface area contributed by atoms with Gasteiger partial charge in [0.25, 0.3) is 5.91 Å². The maximum atomic E-state index is 12.9. The number of ether oxygens (including phenoxy) is 3. The van der Waals surface area contributed by atoms with Gasteiger partial charge in [-0.15, -0.1) is 0 Å². The van der Waals surface area contributed by atoms with E-state index in [2.05, 4.69) is 10.1 Å². The van der Waals surface area contributed by atoms with Crippen molar-refractivity contribution in [2.45, 2.75) is 12.4 Å². The molecule has 0 atom stereocenters. The third kappa shape index (κ3) is 6.52. The maximum absolute atomic E-state index is 12.9. The van der Waals surface area contributed by atoms with Crippen molar-refractivity contribution in [1.29, 1.82) is 0 Å². The summed E-state index contributed by atoms with van der Waals surface area (Å²) in [6, 6.07) is 4.63. The minimum Gasteiger partial charge on any atom is -0.497 e. The van der Waals surface area contributed by atoms with Crippen molar-refractivity contribution in [1.82, 2.24) is 0 Å². The molecule has 0 saturated carbocycles. The predicted octanol–water partition coefficient (Wildman–Crippen LogP) is 4.54. The fourth-order valence-corrected chi connectivity index (χ4v) is 2.36. The molecule has 0 bridgehead atoms. The van der Waals surface area contributed by atoms with Crippen LogP contribution in [-0.4, -0.2) is 32.7 Å². The Balaban J connectivity index is 2.14. The van der Waals surface area contributed by atoms with Crippen LogP contribution in [0.25, 0.3) is 0 Å². The first-order valence-corrected chi connectivity index (χ1v) is 8.33. The molecular weight excluding hydrogens is 436 g/mol.